The van der Waals surface area contributed by atoms with Crippen LogP contribution < -0.4 is 16.3 Å². The monoisotopic (exact) mass is 372 g/mol. The van der Waals surface area contributed by atoms with Gasteiger partial charge in [0.05, 0.1) is 11.0 Å². The smallest absolute Gasteiger partial charge is 0.329 e. The zero-order valence-electron chi connectivity index (χ0n) is 17.1. The Labute approximate surface area is 160 Å². The van der Waals surface area contributed by atoms with Crippen LogP contribution in [0.4, 0.5) is 0 Å². The molecule has 6 heteroatoms. The van der Waals surface area contributed by atoms with Gasteiger partial charge >= 0.3 is 5.69 Å². The van der Waals surface area contributed by atoms with Crippen molar-refractivity contribution in [3.05, 3.63) is 34.7 Å². The maximum Gasteiger partial charge on any atom is 0.329 e. The number of fused-ring (bicyclic) bond motifs is 1. The van der Waals surface area contributed by atoms with Gasteiger partial charge in [0.1, 0.15) is 6.54 Å². The molecular formula is C21H32N4O2. The zero-order chi connectivity index (χ0) is 19.8. The fourth-order valence-electron chi connectivity index (χ4n) is 4.71. The highest BCUT2D eigenvalue weighted by atomic mass is 16.2. The third-order valence-corrected chi connectivity index (χ3v) is 5.23. The van der Waals surface area contributed by atoms with E-state index in [0.717, 1.165) is 30.3 Å². The number of nitrogens with one attached hydrogen (secondary N) is 2. The SMILES string of the molecule is CCCn1c(=O)n(CC(=O)NC2CC(C)(C)NC(C)(C)C2)c2ccccc21. The van der Waals surface area contributed by atoms with Crippen LogP contribution in [0.25, 0.3) is 11.0 Å². The Kier molecular flexibility index (Phi) is 5.21. The Morgan fingerprint density at radius 3 is 2.22 bits per heavy atom. The molecule has 0 aliphatic carbocycles. The van der Waals surface area contributed by atoms with E-state index in [4.69, 9.17) is 0 Å². The molecule has 1 aromatic heterocycles. The van der Waals surface area contributed by atoms with Gasteiger partial charge in [-0.2, -0.15) is 0 Å². The summed E-state index contributed by atoms with van der Waals surface area (Å²) in [5.74, 6) is -0.102. The van der Waals surface area contributed by atoms with Crippen molar-refractivity contribution in [1.82, 2.24) is 19.8 Å². The molecule has 1 aliphatic rings. The molecule has 1 aliphatic heterocycles. The van der Waals surface area contributed by atoms with E-state index in [0.29, 0.717) is 6.54 Å². The second-order valence-electron chi connectivity index (χ2n) is 9.07. The summed E-state index contributed by atoms with van der Waals surface area (Å²) in [4.78, 5) is 25.6. The Hall–Kier alpha value is -2.08. The minimum atomic E-state index is -0.112. The number of imidazole rings is 1. The fraction of sp³-hybridized carbons (Fsp3) is 0.619. The normalized spacial score (nSPS) is 19.3. The number of carbonyl (C=O) groups excluding carboxylic acids is 1. The predicted octanol–water partition coefficient (Wildman–Crippen LogP) is 2.64. The van der Waals surface area contributed by atoms with Gasteiger partial charge in [0.15, 0.2) is 0 Å². The summed E-state index contributed by atoms with van der Waals surface area (Å²) in [5, 5.41) is 6.79. The van der Waals surface area contributed by atoms with Gasteiger partial charge in [0.25, 0.3) is 0 Å². The van der Waals surface area contributed by atoms with E-state index in [-0.39, 0.29) is 35.3 Å². The molecule has 2 aromatic rings. The number of amides is 1. The number of aryl methyl sites for hydroxylation is 1. The number of hydrogen-bond donors (Lipinski definition) is 2. The van der Waals surface area contributed by atoms with Crippen molar-refractivity contribution in [1.29, 1.82) is 0 Å². The first-order valence-electron chi connectivity index (χ1n) is 9.89. The van der Waals surface area contributed by atoms with Crippen LogP contribution in [-0.4, -0.2) is 32.2 Å². The molecule has 6 nitrogen and oxygen atoms in total. The van der Waals surface area contributed by atoms with Crippen LogP contribution >= 0.6 is 0 Å². The van der Waals surface area contributed by atoms with Gasteiger partial charge in [-0.3, -0.25) is 13.9 Å². The summed E-state index contributed by atoms with van der Waals surface area (Å²) in [7, 11) is 0. The quantitative estimate of drug-likeness (QED) is 0.848. The molecule has 1 fully saturated rings. The Morgan fingerprint density at radius 2 is 1.67 bits per heavy atom. The Morgan fingerprint density at radius 1 is 1.11 bits per heavy atom. The van der Waals surface area contributed by atoms with Crippen LogP contribution in [0.15, 0.2) is 29.1 Å². The highest BCUT2D eigenvalue weighted by Crippen LogP contribution is 2.28. The molecular weight excluding hydrogens is 340 g/mol. The first-order valence-corrected chi connectivity index (χ1v) is 9.89. The molecule has 27 heavy (non-hydrogen) atoms. The number of benzene rings is 1. The lowest BCUT2D eigenvalue weighted by molar-refractivity contribution is -0.122. The van der Waals surface area contributed by atoms with Crippen LogP contribution in [-0.2, 0) is 17.9 Å². The molecule has 1 aromatic carbocycles. The van der Waals surface area contributed by atoms with E-state index < -0.39 is 0 Å². The van der Waals surface area contributed by atoms with Crippen LogP contribution in [0.3, 0.4) is 0 Å². The second kappa shape index (κ2) is 7.15. The average molecular weight is 373 g/mol. The number of hydrogen-bond acceptors (Lipinski definition) is 3. The van der Waals surface area contributed by atoms with Crippen LogP contribution in [0, 0.1) is 0 Å². The summed E-state index contributed by atoms with van der Waals surface area (Å²) in [5.41, 5.74) is 1.53. The van der Waals surface area contributed by atoms with Gasteiger partial charge in [-0.1, -0.05) is 19.1 Å². The summed E-state index contributed by atoms with van der Waals surface area (Å²) in [6, 6.07) is 7.79. The van der Waals surface area contributed by atoms with Gasteiger partial charge in [0.2, 0.25) is 5.91 Å². The maximum atomic E-state index is 12.8. The van der Waals surface area contributed by atoms with Crippen molar-refractivity contribution in [2.24, 2.45) is 0 Å². The highest BCUT2D eigenvalue weighted by molar-refractivity contribution is 5.81. The zero-order valence-corrected chi connectivity index (χ0v) is 17.1. The maximum absolute atomic E-state index is 12.8. The van der Waals surface area contributed by atoms with Crippen LogP contribution in [0.1, 0.15) is 53.9 Å². The number of nitrogens with zero attached hydrogens (tertiary/aromatic N) is 2. The second-order valence-corrected chi connectivity index (χ2v) is 9.07. The van der Waals surface area contributed by atoms with Crippen molar-refractivity contribution in [3.8, 4) is 0 Å². The summed E-state index contributed by atoms with van der Waals surface area (Å²) in [6.07, 6.45) is 2.61. The van der Waals surface area contributed by atoms with E-state index in [1.807, 2.05) is 31.2 Å². The number of para-hydroxylation sites is 2. The molecule has 0 spiro atoms. The standard InChI is InChI=1S/C21H32N4O2/c1-6-11-24-16-9-7-8-10-17(16)25(19(24)27)14-18(26)22-15-12-20(2,3)23-21(4,5)13-15/h7-10,15,23H,6,11-14H2,1-5H3,(H,22,26). The van der Waals surface area contributed by atoms with Crippen LogP contribution in [0.5, 0.6) is 0 Å². The minimum absolute atomic E-state index is 0.0340. The lowest BCUT2D eigenvalue weighted by Gasteiger charge is -2.46. The van der Waals surface area contributed by atoms with E-state index >= 15 is 0 Å². The van der Waals surface area contributed by atoms with Crippen molar-refractivity contribution in [3.63, 3.8) is 0 Å². The minimum Gasteiger partial charge on any atom is -0.352 e. The number of rotatable bonds is 5. The molecule has 0 saturated carbocycles. The Bertz CT molecular complexity index is 875. The summed E-state index contributed by atoms with van der Waals surface area (Å²) >= 11 is 0. The first-order chi connectivity index (χ1) is 12.6. The van der Waals surface area contributed by atoms with E-state index in [1.54, 1.807) is 9.13 Å². The molecule has 0 unspecified atom stereocenters. The number of carbonyl (C=O) groups is 1. The van der Waals surface area contributed by atoms with Gasteiger partial charge in [0, 0.05) is 23.7 Å². The van der Waals surface area contributed by atoms with Crippen molar-refractivity contribution in [2.45, 2.75) is 84.1 Å². The molecule has 0 bridgehead atoms. The predicted molar refractivity (Wildman–Crippen MR) is 109 cm³/mol. The Balaban J connectivity index is 1.81. The largest absolute Gasteiger partial charge is 0.352 e. The fourth-order valence-corrected chi connectivity index (χ4v) is 4.71. The van der Waals surface area contributed by atoms with Gasteiger partial charge < -0.3 is 10.6 Å². The molecule has 1 amide bonds. The van der Waals surface area contributed by atoms with Crippen molar-refractivity contribution < 1.29 is 4.79 Å². The van der Waals surface area contributed by atoms with Gasteiger partial charge in [-0.25, -0.2) is 4.79 Å². The molecule has 2 heterocycles. The number of piperidine rings is 1. The molecule has 1 saturated heterocycles. The highest BCUT2D eigenvalue weighted by Gasteiger charge is 2.38. The topological polar surface area (TPSA) is 68.1 Å². The lowest BCUT2D eigenvalue weighted by Crippen LogP contribution is -2.62. The molecule has 0 atom stereocenters. The third kappa shape index (κ3) is 4.26. The van der Waals surface area contributed by atoms with Crippen molar-refractivity contribution >= 4 is 16.9 Å². The van der Waals surface area contributed by atoms with Crippen molar-refractivity contribution in [2.75, 3.05) is 0 Å². The average Bonchev–Trinajstić information content (AvgIpc) is 2.78. The third-order valence-electron chi connectivity index (χ3n) is 5.23. The van der Waals surface area contributed by atoms with E-state index in [1.165, 1.54) is 0 Å². The molecule has 2 N–H and O–H groups in total. The first kappa shape index (κ1) is 19.7. The summed E-state index contributed by atoms with van der Waals surface area (Å²) < 4.78 is 3.36. The van der Waals surface area contributed by atoms with E-state index in [2.05, 4.69) is 38.3 Å². The summed E-state index contributed by atoms with van der Waals surface area (Å²) in [6.45, 7) is 11.4. The lowest BCUT2D eigenvalue weighted by atomic mass is 9.79. The molecule has 148 valence electrons. The molecule has 3 rings (SSSR count). The number of aromatic nitrogens is 2. The molecule has 0 radical (unpaired) electrons. The van der Waals surface area contributed by atoms with Gasteiger partial charge in [-0.15, -0.1) is 0 Å². The van der Waals surface area contributed by atoms with E-state index in [9.17, 15) is 9.59 Å². The van der Waals surface area contributed by atoms with Crippen LogP contribution in [0.2, 0.25) is 0 Å². The van der Waals surface area contributed by atoms with Gasteiger partial charge in [-0.05, 0) is 59.1 Å².